The van der Waals surface area contributed by atoms with Gasteiger partial charge in [-0.3, -0.25) is 14.5 Å². The Morgan fingerprint density at radius 1 is 1.00 bits per heavy atom. The molecule has 0 aliphatic heterocycles. The molecule has 230 valence electrons. The van der Waals surface area contributed by atoms with E-state index in [2.05, 4.69) is 73.1 Å². The van der Waals surface area contributed by atoms with Crippen molar-refractivity contribution < 1.29 is 14.6 Å². The second-order valence-electron chi connectivity index (χ2n) is 14.7. The van der Waals surface area contributed by atoms with E-state index in [-0.39, 0.29) is 34.3 Å². The minimum Gasteiger partial charge on any atom is -0.496 e. The van der Waals surface area contributed by atoms with Gasteiger partial charge in [0.25, 0.3) is 0 Å². The van der Waals surface area contributed by atoms with E-state index < -0.39 is 0 Å². The predicted octanol–water partition coefficient (Wildman–Crippen LogP) is 7.19. The molecule has 4 fully saturated rings. The number of rotatable bonds is 7. The number of aryl methyl sites for hydroxylation is 1. The smallest absolute Gasteiger partial charge is 0.230 e. The van der Waals surface area contributed by atoms with Gasteiger partial charge in [0.05, 0.1) is 36.8 Å². The summed E-state index contributed by atoms with van der Waals surface area (Å²) in [5, 5.41) is 14.7. The third kappa shape index (κ3) is 5.85. The van der Waals surface area contributed by atoms with Crippen molar-refractivity contribution in [2.24, 2.45) is 11.3 Å². The number of benzene rings is 1. The predicted molar refractivity (Wildman–Crippen MR) is 170 cm³/mol. The molecule has 4 aliphatic rings. The Morgan fingerprint density at radius 2 is 1.70 bits per heavy atom. The van der Waals surface area contributed by atoms with Crippen molar-refractivity contribution in [3.05, 3.63) is 60.2 Å². The fourth-order valence-electron chi connectivity index (χ4n) is 7.89. The monoisotopic (exact) mass is 584 g/mol. The van der Waals surface area contributed by atoms with Crippen LogP contribution in [0.25, 0.3) is 11.1 Å². The molecule has 4 saturated carbocycles. The summed E-state index contributed by atoms with van der Waals surface area (Å²) in [4.78, 5) is 21.0. The molecule has 3 aromatic rings. The van der Waals surface area contributed by atoms with Crippen LogP contribution in [0, 0.1) is 18.3 Å². The van der Waals surface area contributed by atoms with Gasteiger partial charge in [0.1, 0.15) is 5.75 Å². The molecule has 0 radical (unpaired) electrons. The first-order valence-corrected chi connectivity index (χ1v) is 16.2. The van der Waals surface area contributed by atoms with Gasteiger partial charge in [0.15, 0.2) is 0 Å². The molecule has 0 atom stereocenters. The van der Waals surface area contributed by atoms with E-state index in [1.54, 1.807) is 7.11 Å². The van der Waals surface area contributed by atoms with Crippen molar-refractivity contribution in [1.29, 1.82) is 0 Å². The van der Waals surface area contributed by atoms with Crippen molar-refractivity contribution in [1.82, 2.24) is 14.8 Å². The fraction of sp³-hybridized carbons (Fsp3) is 0.583. The summed E-state index contributed by atoms with van der Waals surface area (Å²) < 4.78 is 7.51. The van der Waals surface area contributed by atoms with E-state index in [1.807, 2.05) is 23.3 Å². The SMILES string of the molecule is COc1ccc(C23CCC(CN(C(=O)C4CCC(O)CC4)c4cncc(-c5cnn(C(C)(C)C)c5)c4)(CC2)CC3)cc1C. The first-order valence-electron chi connectivity index (χ1n) is 16.2. The van der Waals surface area contributed by atoms with Gasteiger partial charge in [0, 0.05) is 36.0 Å². The minimum absolute atomic E-state index is 0.0550. The summed E-state index contributed by atoms with van der Waals surface area (Å²) >= 11 is 0. The van der Waals surface area contributed by atoms with Crippen LogP contribution in [0.4, 0.5) is 5.69 Å². The van der Waals surface area contributed by atoms with Crippen LogP contribution in [0.1, 0.15) is 96.1 Å². The molecule has 2 bridgehead atoms. The van der Waals surface area contributed by atoms with Crippen LogP contribution in [0.5, 0.6) is 5.75 Å². The third-order valence-corrected chi connectivity index (χ3v) is 10.9. The number of ether oxygens (including phenoxy) is 1. The highest BCUT2D eigenvalue weighted by Crippen LogP contribution is 2.58. The Labute approximate surface area is 256 Å². The van der Waals surface area contributed by atoms with Crippen molar-refractivity contribution in [2.75, 3.05) is 18.6 Å². The van der Waals surface area contributed by atoms with Gasteiger partial charge < -0.3 is 14.7 Å². The average Bonchev–Trinajstić information content (AvgIpc) is 3.53. The number of aromatic nitrogens is 3. The topological polar surface area (TPSA) is 80.5 Å². The van der Waals surface area contributed by atoms with Gasteiger partial charge in [-0.1, -0.05) is 12.1 Å². The fourth-order valence-corrected chi connectivity index (χ4v) is 7.89. The van der Waals surface area contributed by atoms with Crippen LogP contribution in [0.3, 0.4) is 0 Å². The number of amides is 1. The van der Waals surface area contributed by atoms with Gasteiger partial charge in [0.2, 0.25) is 5.91 Å². The highest BCUT2D eigenvalue weighted by atomic mass is 16.5. The second kappa shape index (κ2) is 11.4. The Balaban J connectivity index is 1.27. The van der Waals surface area contributed by atoms with Crippen LogP contribution in [0.15, 0.2) is 49.1 Å². The highest BCUT2D eigenvalue weighted by molar-refractivity contribution is 5.95. The Kier molecular flexibility index (Phi) is 7.91. The van der Waals surface area contributed by atoms with Crippen molar-refractivity contribution in [3.63, 3.8) is 0 Å². The number of hydrogen-bond acceptors (Lipinski definition) is 5. The lowest BCUT2D eigenvalue weighted by Crippen LogP contribution is -2.51. The molecule has 0 saturated heterocycles. The van der Waals surface area contributed by atoms with Crippen LogP contribution >= 0.6 is 0 Å². The summed E-state index contributed by atoms with van der Waals surface area (Å²) in [5.41, 5.74) is 5.72. The zero-order valence-electron chi connectivity index (χ0n) is 26.6. The number of anilines is 1. The second-order valence-corrected chi connectivity index (χ2v) is 14.7. The Bertz CT molecular complexity index is 1440. The average molecular weight is 585 g/mol. The zero-order chi connectivity index (χ0) is 30.4. The molecule has 1 aromatic carbocycles. The van der Waals surface area contributed by atoms with E-state index in [4.69, 9.17) is 4.74 Å². The molecule has 0 unspecified atom stereocenters. The van der Waals surface area contributed by atoms with E-state index in [1.165, 1.54) is 11.1 Å². The molecule has 1 amide bonds. The number of pyridine rings is 1. The molecule has 7 rings (SSSR count). The normalized spacial score (nSPS) is 27.2. The van der Waals surface area contributed by atoms with Crippen molar-refractivity contribution in [2.45, 2.75) is 109 Å². The summed E-state index contributed by atoms with van der Waals surface area (Å²) in [7, 11) is 1.74. The van der Waals surface area contributed by atoms with Gasteiger partial charge in [-0.05, 0) is 126 Å². The van der Waals surface area contributed by atoms with Crippen molar-refractivity contribution >= 4 is 11.6 Å². The highest BCUT2D eigenvalue weighted by Gasteiger charge is 2.50. The lowest BCUT2D eigenvalue weighted by atomic mass is 9.51. The van der Waals surface area contributed by atoms with Crippen LogP contribution in [-0.2, 0) is 15.7 Å². The van der Waals surface area contributed by atoms with Gasteiger partial charge in [-0.25, -0.2) is 0 Å². The van der Waals surface area contributed by atoms with Crippen molar-refractivity contribution in [3.8, 4) is 16.9 Å². The largest absolute Gasteiger partial charge is 0.496 e. The van der Waals surface area contributed by atoms with Crippen LogP contribution in [-0.4, -0.2) is 45.5 Å². The van der Waals surface area contributed by atoms with E-state index in [0.29, 0.717) is 12.8 Å². The quantitative estimate of drug-likeness (QED) is 0.318. The number of aliphatic hydroxyl groups excluding tert-OH is 1. The molecule has 0 spiro atoms. The molecule has 2 aromatic heterocycles. The summed E-state index contributed by atoms with van der Waals surface area (Å²) in [6, 6.07) is 8.86. The summed E-state index contributed by atoms with van der Waals surface area (Å²) in [6.45, 7) is 9.28. The molecular weight excluding hydrogens is 536 g/mol. The Morgan fingerprint density at radius 3 is 2.30 bits per heavy atom. The van der Waals surface area contributed by atoms with Crippen LogP contribution < -0.4 is 9.64 Å². The van der Waals surface area contributed by atoms with E-state index in [0.717, 1.165) is 80.5 Å². The standard InChI is InChI=1S/C36H48N4O3/c1-25-18-29(8-11-32(25)43-5)36-15-12-35(13-16-36,14-17-36)24-39(33(42)26-6-9-31(41)10-7-26)30-19-27(20-37-22-30)28-21-38-40(23-28)34(2,3)4/h8,11,18-23,26,31,41H,6-7,9-10,12-17,24H2,1-5H3. The third-order valence-electron chi connectivity index (χ3n) is 10.9. The summed E-state index contributed by atoms with van der Waals surface area (Å²) in [6.07, 6.45) is 17.1. The number of carbonyl (C=O) groups excluding carboxylic acids is 1. The molecule has 4 aliphatic carbocycles. The molecule has 7 heteroatoms. The lowest BCUT2D eigenvalue weighted by molar-refractivity contribution is -0.124. The number of carbonyl (C=O) groups is 1. The Hall–Kier alpha value is -3.19. The number of hydrogen-bond donors (Lipinski definition) is 1. The zero-order valence-corrected chi connectivity index (χ0v) is 26.6. The van der Waals surface area contributed by atoms with E-state index >= 15 is 0 Å². The molecule has 7 nitrogen and oxygen atoms in total. The lowest BCUT2D eigenvalue weighted by Gasteiger charge is -2.55. The van der Waals surface area contributed by atoms with Gasteiger partial charge in [-0.2, -0.15) is 5.10 Å². The molecule has 1 N–H and O–H groups in total. The first-order chi connectivity index (χ1) is 20.5. The molecule has 43 heavy (non-hydrogen) atoms. The summed E-state index contributed by atoms with van der Waals surface area (Å²) in [5.74, 6) is 1.09. The maximum absolute atomic E-state index is 14.3. The van der Waals surface area contributed by atoms with Gasteiger partial charge >= 0.3 is 0 Å². The number of fused-ring (bicyclic) bond motifs is 3. The van der Waals surface area contributed by atoms with E-state index in [9.17, 15) is 9.90 Å². The van der Waals surface area contributed by atoms with Crippen LogP contribution in [0.2, 0.25) is 0 Å². The molecule has 2 heterocycles. The molecular formula is C36H48N4O3. The number of nitrogens with zero attached hydrogens (tertiary/aromatic N) is 4. The number of methoxy groups -OCH3 is 1. The maximum Gasteiger partial charge on any atom is 0.230 e. The number of aliphatic hydroxyl groups is 1. The first kappa shape index (κ1) is 29.9. The maximum atomic E-state index is 14.3. The van der Waals surface area contributed by atoms with Gasteiger partial charge in [-0.15, -0.1) is 0 Å². The minimum atomic E-state index is -0.285.